The number of amides is 1. The predicted octanol–water partition coefficient (Wildman–Crippen LogP) is 3.54. The van der Waals surface area contributed by atoms with Crippen LogP contribution in [0.15, 0.2) is 23.7 Å². The van der Waals surface area contributed by atoms with E-state index in [1.54, 1.807) is 23.7 Å². The highest BCUT2D eigenvalue weighted by Crippen LogP contribution is 2.34. The lowest BCUT2D eigenvalue weighted by Gasteiger charge is -2.37. The number of alkyl halides is 2. The molecule has 0 aliphatic carbocycles. The van der Waals surface area contributed by atoms with Crippen molar-refractivity contribution in [3.63, 3.8) is 0 Å². The Kier molecular flexibility index (Phi) is 5.76. The Labute approximate surface area is 161 Å². The summed E-state index contributed by atoms with van der Waals surface area (Å²) in [7, 11) is 0. The highest BCUT2D eigenvalue weighted by atomic mass is 32.1. The molecule has 1 atom stereocenters. The Morgan fingerprint density at radius 1 is 1.37 bits per heavy atom. The van der Waals surface area contributed by atoms with E-state index in [4.69, 9.17) is 5.73 Å². The summed E-state index contributed by atoms with van der Waals surface area (Å²) in [6.07, 6.45) is -0.326. The molecule has 1 aromatic heterocycles. The fourth-order valence-corrected chi connectivity index (χ4v) is 4.30. The molecule has 27 heavy (non-hydrogen) atoms. The molecule has 2 heterocycles. The zero-order valence-electron chi connectivity index (χ0n) is 15.5. The van der Waals surface area contributed by atoms with Crippen LogP contribution in [0, 0.1) is 13.8 Å². The summed E-state index contributed by atoms with van der Waals surface area (Å²) < 4.78 is 27.1. The van der Waals surface area contributed by atoms with Crippen LogP contribution in [0.2, 0.25) is 0 Å². The summed E-state index contributed by atoms with van der Waals surface area (Å²) >= 11 is 1.49. The number of aromatic nitrogens is 1. The molecule has 5 nitrogen and oxygen atoms in total. The van der Waals surface area contributed by atoms with Crippen molar-refractivity contribution in [3.8, 4) is 0 Å². The minimum absolute atomic E-state index is 0.163. The number of carbonyl (C=O) groups is 1. The Bertz CT molecular complexity index is 814. The van der Waals surface area contributed by atoms with Crippen LogP contribution < -0.4 is 11.1 Å². The Balaban J connectivity index is 1.75. The van der Waals surface area contributed by atoms with Crippen molar-refractivity contribution in [2.75, 3.05) is 25.4 Å². The van der Waals surface area contributed by atoms with Crippen molar-refractivity contribution in [2.45, 2.75) is 38.7 Å². The second-order valence-corrected chi connectivity index (χ2v) is 7.83. The van der Waals surface area contributed by atoms with Crippen LogP contribution in [0.4, 0.5) is 14.5 Å². The Morgan fingerprint density at radius 2 is 2.07 bits per heavy atom. The fraction of sp³-hybridized carbons (Fsp3) is 0.474. The smallest absolute Gasteiger partial charge is 0.251 e. The number of aryl methyl sites for hydroxylation is 1. The van der Waals surface area contributed by atoms with Crippen molar-refractivity contribution in [2.24, 2.45) is 0 Å². The molecule has 3 rings (SSSR count). The molecule has 1 aromatic carbocycles. The number of halogens is 2. The Hall–Kier alpha value is -2.06. The van der Waals surface area contributed by atoms with E-state index in [1.165, 1.54) is 11.3 Å². The average molecular weight is 394 g/mol. The van der Waals surface area contributed by atoms with Crippen LogP contribution in [-0.4, -0.2) is 41.3 Å². The molecule has 8 heteroatoms. The highest BCUT2D eigenvalue weighted by Gasteiger charge is 2.37. The number of nitrogens with zero attached hydrogens (tertiary/aromatic N) is 2. The molecule has 0 spiro atoms. The first-order chi connectivity index (χ1) is 12.8. The number of nitrogen functional groups attached to an aromatic ring is 1. The van der Waals surface area contributed by atoms with Gasteiger partial charge in [-0.3, -0.25) is 9.69 Å². The van der Waals surface area contributed by atoms with E-state index in [1.807, 2.05) is 18.7 Å². The van der Waals surface area contributed by atoms with E-state index < -0.39 is 5.92 Å². The minimum atomic E-state index is -2.61. The molecule has 3 N–H and O–H groups in total. The van der Waals surface area contributed by atoms with Gasteiger partial charge in [0.05, 0.1) is 17.2 Å². The average Bonchev–Trinajstić information content (AvgIpc) is 3.04. The van der Waals surface area contributed by atoms with E-state index >= 15 is 0 Å². The number of piperidine rings is 1. The van der Waals surface area contributed by atoms with Gasteiger partial charge in [-0.05, 0) is 31.5 Å². The van der Waals surface area contributed by atoms with Gasteiger partial charge in [0.1, 0.15) is 0 Å². The van der Waals surface area contributed by atoms with Crippen molar-refractivity contribution in [1.82, 2.24) is 15.2 Å². The number of anilines is 1. The number of benzene rings is 1. The van der Waals surface area contributed by atoms with Crippen LogP contribution in [0.3, 0.4) is 0 Å². The molecule has 146 valence electrons. The van der Waals surface area contributed by atoms with E-state index in [-0.39, 0.29) is 24.8 Å². The maximum absolute atomic E-state index is 13.6. The van der Waals surface area contributed by atoms with Gasteiger partial charge in [-0.2, -0.15) is 0 Å². The normalized spacial score (nSPS) is 18.2. The Morgan fingerprint density at radius 3 is 2.70 bits per heavy atom. The molecule has 1 aliphatic rings. The molecule has 0 saturated carbocycles. The third-order valence-electron chi connectivity index (χ3n) is 5.13. The van der Waals surface area contributed by atoms with Crippen molar-refractivity contribution < 1.29 is 13.6 Å². The van der Waals surface area contributed by atoms with Crippen molar-refractivity contribution in [1.29, 1.82) is 0 Å². The second kappa shape index (κ2) is 7.90. The zero-order valence-corrected chi connectivity index (χ0v) is 16.3. The van der Waals surface area contributed by atoms with Gasteiger partial charge < -0.3 is 11.1 Å². The third kappa shape index (κ3) is 4.44. The quantitative estimate of drug-likeness (QED) is 0.761. The topological polar surface area (TPSA) is 71.2 Å². The van der Waals surface area contributed by atoms with Crippen LogP contribution in [-0.2, 0) is 0 Å². The molecule has 1 fully saturated rings. The molecular formula is C19H24F2N4OS. The largest absolute Gasteiger partial charge is 0.398 e. The number of thiazole rings is 1. The summed E-state index contributed by atoms with van der Waals surface area (Å²) in [5.41, 5.74) is 10.3. The van der Waals surface area contributed by atoms with Gasteiger partial charge in [-0.15, -0.1) is 11.3 Å². The first kappa shape index (κ1) is 19.7. The minimum Gasteiger partial charge on any atom is -0.398 e. The van der Waals surface area contributed by atoms with Crippen molar-refractivity contribution in [3.05, 3.63) is 45.4 Å². The SMILES string of the molecule is Cc1ncsc1C(CNC(=O)c1cccc(N)c1C)N1CCC(F)(F)CC1. The lowest BCUT2D eigenvalue weighted by atomic mass is 10.0. The predicted molar refractivity (Wildman–Crippen MR) is 103 cm³/mol. The number of nitrogens with one attached hydrogen (secondary N) is 1. The van der Waals surface area contributed by atoms with Crippen molar-refractivity contribution >= 4 is 22.9 Å². The summed E-state index contributed by atoms with van der Waals surface area (Å²) in [6.45, 7) is 4.63. The monoisotopic (exact) mass is 394 g/mol. The first-order valence-electron chi connectivity index (χ1n) is 8.93. The van der Waals surface area contributed by atoms with E-state index in [2.05, 4.69) is 10.3 Å². The number of hydrogen-bond donors (Lipinski definition) is 2. The van der Waals surface area contributed by atoms with Crippen LogP contribution >= 0.6 is 11.3 Å². The lowest BCUT2D eigenvalue weighted by molar-refractivity contribution is -0.0629. The summed E-state index contributed by atoms with van der Waals surface area (Å²) in [5, 5.41) is 2.96. The number of carbonyl (C=O) groups excluding carboxylic acids is 1. The zero-order chi connectivity index (χ0) is 19.6. The van der Waals surface area contributed by atoms with Gasteiger partial charge in [-0.25, -0.2) is 13.8 Å². The van der Waals surface area contributed by atoms with Crippen LogP contribution in [0.5, 0.6) is 0 Å². The molecule has 2 aromatic rings. The van der Waals surface area contributed by atoms with Gasteiger partial charge in [0.25, 0.3) is 11.8 Å². The third-order valence-corrected chi connectivity index (χ3v) is 6.16. The lowest BCUT2D eigenvalue weighted by Crippen LogP contribution is -2.45. The van der Waals surface area contributed by atoms with Gasteiger partial charge in [-0.1, -0.05) is 6.07 Å². The summed E-state index contributed by atoms with van der Waals surface area (Å²) in [6, 6.07) is 5.06. The standard InChI is InChI=1S/C19H24F2N4OS/c1-12-14(4-3-5-15(12)22)18(26)23-10-16(17-13(2)24-11-27-17)25-8-6-19(20,21)7-9-25/h3-5,11,16H,6-10,22H2,1-2H3,(H,23,26). The molecule has 1 aliphatic heterocycles. The van der Waals surface area contributed by atoms with Gasteiger partial charge in [0.15, 0.2) is 0 Å². The highest BCUT2D eigenvalue weighted by molar-refractivity contribution is 7.09. The molecular weight excluding hydrogens is 370 g/mol. The summed E-state index contributed by atoms with van der Waals surface area (Å²) in [5.74, 6) is -2.82. The van der Waals surface area contributed by atoms with Crippen LogP contribution in [0.1, 0.15) is 45.4 Å². The van der Waals surface area contributed by atoms with E-state index in [9.17, 15) is 13.6 Å². The fourth-order valence-electron chi connectivity index (χ4n) is 3.37. The maximum Gasteiger partial charge on any atom is 0.251 e. The van der Waals surface area contributed by atoms with Gasteiger partial charge in [0.2, 0.25) is 0 Å². The molecule has 0 bridgehead atoms. The van der Waals surface area contributed by atoms with Gasteiger partial charge >= 0.3 is 0 Å². The second-order valence-electron chi connectivity index (χ2n) is 6.94. The number of nitrogens with two attached hydrogens (primary N) is 1. The van der Waals surface area contributed by atoms with E-state index in [0.29, 0.717) is 30.9 Å². The molecule has 0 radical (unpaired) electrons. The van der Waals surface area contributed by atoms with Crippen LogP contribution in [0.25, 0.3) is 0 Å². The molecule has 1 unspecified atom stereocenters. The maximum atomic E-state index is 13.6. The molecule has 1 saturated heterocycles. The molecule has 1 amide bonds. The summed E-state index contributed by atoms with van der Waals surface area (Å²) in [4.78, 5) is 20.0. The number of rotatable bonds is 5. The van der Waals surface area contributed by atoms with E-state index in [0.717, 1.165) is 16.1 Å². The van der Waals surface area contributed by atoms with Gasteiger partial charge in [0, 0.05) is 48.6 Å². The first-order valence-corrected chi connectivity index (χ1v) is 9.81. The number of likely N-dealkylation sites (tertiary alicyclic amines) is 1. The number of hydrogen-bond acceptors (Lipinski definition) is 5.